The smallest absolute Gasteiger partial charge is 0.201 e. The SMILES string of the molecule is CC(C)(C)CC(C)(C)n1c(N)nc2ccccc21. The molecule has 0 saturated heterocycles. The van der Waals surface area contributed by atoms with Crippen LogP contribution in [0.3, 0.4) is 0 Å². The van der Waals surface area contributed by atoms with E-state index in [1.54, 1.807) is 0 Å². The standard InChI is InChI=1S/C15H23N3/c1-14(2,3)10-15(4,5)18-12-9-7-6-8-11(12)17-13(18)16/h6-9H,10H2,1-5H3,(H2,16,17). The number of anilines is 1. The van der Waals surface area contributed by atoms with Gasteiger partial charge in [-0.25, -0.2) is 4.98 Å². The number of nitrogens with zero attached hydrogens (tertiary/aromatic N) is 2. The van der Waals surface area contributed by atoms with Gasteiger partial charge in [-0.1, -0.05) is 32.9 Å². The summed E-state index contributed by atoms with van der Waals surface area (Å²) in [4.78, 5) is 4.45. The lowest BCUT2D eigenvalue weighted by molar-refractivity contribution is 0.222. The predicted octanol–water partition coefficient (Wildman–Crippen LogP) is 3.79. The third kappa shape index (κ3) is 2.35. The Labute approximate surface area is 109 Å². The van der Waals surface area contributed by atoms with E-state index in [0.29, 0.717) is 5.95 Å². The molecule has 0 atom stereocenters. The van der Waals surface area contributed by atoms with Crippen LogP contribution in [0, 0.1) is 5.41 Å². The number of aromatic nitrogens is 2. The van der Waals surface area contributed by atoms with Gasteiger partial charge in [-0.15, -0.1) is 0 Å². The normalized spacial score (nSPS) is 13.2. The molecule has 0 unspecified atom stereocenters. The summed E-state index contributed by atoms with van der Waals surface area (Å²) in [5.41, 5.74) is 8.40. The summed E-state index contributed by atoms with van der Waals surface area (Å²) < 4.78 is 2.16. The van der Waals surface area contributed by atoms with Gasteiger partial charge in [-0.3, -0.25) is 0 Å². The van der Waals surface area contributed by atoms with Gasteiger partial charge in [-0.05, 0) is 37.8 Å². The number of imidazole rings is 1. The van der Waals surface area contributed by atoms with Crippen LogP contribution >= 0.6 is 0 Å². The van der Waals surface area contributed by atoms with Gasteiger partial charge in [0.25, 0.3) is 0 Å². The monoisotopic (exact) mass is 245 g/mol. The van der Waals surface area contributed by atoms with Crippen molar-refractivity contribution in [3.8, 4) is 0 Å². The van der Waals surface area contributed by atoms with E-state index in [4.69, 9.17) is 5.73 Å². The van der Waals surface area contributed by atoms with Crippen LogP contribution in [0.15, 0.2) is 24.3 Å². The molecule has 0 spiro atoms. The minimum Gasteiger partial charge on any atom is -0.369 e. The van der Waals surface area contributed by atoms with Crippen LogP contribution in [-0.2, 0) is 5.54 Å². The van der Waals surface area contributed by atoms with Gasteiger partial charge in [0.05, 0.1) is 11.0 Å². The largest absolute Gasteiger partial charge is 0.369 e. The summed E-state index contributed by atoms with van der Waals surface area (Å²) in [5, 5.41) is 0. The zero-order valence-corrected chi connectivity index (χ0v) is 12.0. The molecule has 1 aromatic carbocycles. The molecule has 0 bridgehead atoms. The van der Waals surface area contributed by atoms with Crippen molar-refractivity contribution in [1.29, 1.82) is 0 Å². The van der Waals surface area contributed by atoms with Crippen LogP contribution in [0.4, 0.5) is 5.95 Å². The van der Waals surface area contributed by atoms with Crippen molar-refractivity contribution in [2.45, 2.75) is 46.6 Å². The zero-order chi connectivity index (χ0) is 13.6. The van der Waals surface area contributed by atoms with E-state index in [2.05, 4.69) is 50.2 Å². The first kappa shape index (κ1) is 12.9. The lowest BCUT2D eigenvalue weighted by Gasteiger charge is -2.34. The molecular formula is C15H23N3. The Morgan fingerprint density at radius 2 is 1.72 bits per heavy atom. The highest BCUT2D eigenvalue weighted by molar-refractivity contribution is 5.78. The topological polar surface area (TPSA) is 43.8 Å². The lowest BCUT2D eigenvalue weighted by atomic mass is 9.81. The molecule has 2 rings (SSSR count). The van der Waals surface area contributed by atoms with Gasteiger partial charge >= 0.3 is 0 Å². The Morgan fingerprint density at radius 1 is 1.11 bits per heavy atom. The van der Waals surface area contributed by atoms with Crippen LogP contribution in [0.2, 0.25) is 0 Å². The van der Waals surface area contributed by atoms with Crippen LogP contribution < -0.4 is 5.73 Å². The molecule has 0 saturated carbocycles. The van der Waals surface area contributed by atoms with E-state index in [-0.39, 0.29) is 11.0 Å². The van der Waals surface area contributed by atoms with Gasteiger partial charge in [0, 0.05) is 5.54 Å². The van der Waals surface area contributed by atoms with Gasteiger partial charge in [0.1, 0.15) is 0 Å². The molecule has 2 N–H and O–H groups in total. The van der Waals surface area contributed by atoms with Gasteiger partial charge < -0.3 is 10.3 Å². The van der Waals surface area contributed by atoms with Gasteiger partial charge in [0.2, 0.25) is 5.95 Å². The van der Waals surface area contributed by atoms with E-state index >= 15 is 0 Å². The van der Waals surface area contributed by atoms with Crippen molar-refractivity contribution < 1.29 is 0 Å². The predicted molar refractivity (Wildman–Crippen MR) is 77.5 cm³/mol. The second-order valence-corrected chi connectivity index (χ2v) is 6.84. The summed E-state index contributed by atoms with van der Waals surface area (Å²) in [6.45, 7) is 11.2. The van der Waals surface area contributed by atoms with Crippen LogP contribution in [-0.4, -0.2) is 9.55 Å². The van der Waals surface area contributed by atoms with Crippen LogP contribution in [0.25, 0.3) is 11.0 Å². The van der Waals surface area contributed by atoms with Crippen molar-refractivity contribution in [1.82, 2.24) is 9.55 Å². The van der Waals surface area contributed by atoms with E-state index in [9.17, 15) is 0 Å². The Morgan fingerprint density at radius 3 is 2.33 bits per heavy atom. The molecule has 98 valence electrons. The third-order valence-corrected chi connectivity index (χ3v) is 3.16. The number of nitrogens with two attached hydrogens (primary N) is 1. The second-order valence-electron chi connectivity index (χ2n) is 6.84. The fourth-order valence-corrected chi connectivity index (χ4v) is 3.06. The second kappa shape index (κ2) is 4.01. The van der Waals surface area contributed by atoms with Crippen molar-refractivity contribution in [2.24, 2.45) is 5.41 Å². The summed E-state index contributed by atoms with van der Waals surface area (Å²) >= 11 is 0. The number of hydrogen-bond donors (Lipinski definition) is 1. The highest BCUT2D eigenvalue weighted by Gasteiger charge is 2.30. The average Bonchev–Trinajstić information content (AvgIpc) is 2.49. The fraction of sp³-hybridized carbons (Fsp3) is 0.533. The number of rotatable bonds is 2. The van der Waals surface area contributed by atoms with Gasteiger partial charge in [-0.2, -0.15) is 0 Å². The molecule has 3 heteroatoms. The van der Waals surface area contributed by atoms with Crippen molar-refractivity contribution in [3.05, 3.63) is 24.3 Å². The van der Waals surface area contributed by atoms with Crippen molar-refractivity contribution >= 4 is 17.0 Å². The third-order valence-electron chi connectivity index (χ3n) is 3.16. The molecule has 1 heterocycles. The summed E-state index contributed by atoms with van der Waals surface area (Å²) in [7, 11) is 0. The molecule has 18 heavy (non-hydrogen) atoms. The van der Waals surface area contributed by atoms with Crippen molar-refractivity contribution in [2.75, 3.05) is 5.73 Å². The van der Waals surface area contributed by atoms with Crippen LogP contribution in [0.5, 0.6) is 0 Å². The minimum atomic E-state index is -0.0432. The quantitative estimate of drug-likeness (QED) is 0.874. The molecular weight excluding hydrogens is 222 g/mol. The van der Waals surface area contributed by atoms with E-state index in [0.717, 1.165) is 17.5 Å². The first-order valence-corrected chi connectivity index (χ1v) is 6.44. The number of para-hydroxylation sites is 2. The first-order chi connectivity index (χ1) is 8.21. The maximum Gasteiger partial charge on any atom is 0.201 e. The Bertz CT molecular complexity index is 559. The molecule has 0 fully saturated rings. The Balaban J connectivity index is 2.56. The van der Waals surface area contributed by atoms with E-state index in [1.165, 1.54) is 0 Å². The molecule has 3 nitrogen and oxygen atoms in total. The molecule has 1 aromatic heterocycles. The number of benzene rings is 1. The van der Waals surface area contributed by atoms with E-state index in [1.807, 2.05) is 18.2 Å². The maximum absolute atomic E-state index is 6.11. The van der Waals surface area contributed by atoms with Gasteiger partial charge in [0.15, 0.2) is 0 Å². The molecule has 0 amide bonds. The van der Waals surface area contributed by atoms with Crippen molar-refractivity contribution in [3.63, 3.8) is 0 Å². The number of hydrogen-bond acceptors (Lipinski definition) is 2. The molecule has 0 aliphatic carbocycles. The molecule has 0 aliphatic heterocycles. The average molecular weight is 245 g/mol. The minimum absolute atomic E-state index is 0.0432. The number of nitrogen functional groups attached to an aromatic ring is 1. The molecule has 2 aromatic rings. The number of fused-ring (bicyclic) bond motifs is 1. The molecule has 0 radical (unpaired) electrons. The highest BCUT2D eigenvalue weighted by Crippen LogP contribution is 2.36. The summed E-state index contributed by atoms with van der Waals surface area (Å²) in [6.07, 6.45) is 1.05. The fourth-order valence-electron chi connectivity index (χ4n) is 3.06. The molecule has 0 aliphatic rings. The Hall–Kier alpha value is -1.51. The summed E-state index contributed by atoms with van der Waals surface area (Å²) in [6, 6.07) is 8.13. The first-order valence-electron chi connectivity index (χ1n) is 6.44. The highest BCUT2D eigenvalue weighted by atomic mass is 15.2. The summed E-state index contributed by atoms with van der Waals surface area (Å²) in [5.74, 6) is 0.602. The maximum atomic E-state index is 6.11. The van der Waals surface area contributed by atoms with E-state index < -0.39 is 0 Å². The lowest BCUT2D eigenvalue weighted by Crippen LogP contribution is -2.32. The van der Waals surface area contributed by atoms with Crippen LogP contribution in [0.1, 0.15) is 41.0 Å². The zero-order valence-electron chi connectivity index (χ0n) is 12.0. The Kier molecular flexibility index (Phi) is 2.88.